The van der Waals surface area contributed by atoms with Gasteiger partial charge in [0.05, 0.1) is 5.75 Å². The molecule has 1 aromatic carbocycles. The third kappa shape index (κ3) is 4.21. The molecule has 0 atom stereocenters. The zero-order chi connectivity index (χ0) is 13.8. The van der Waals surface area contributed by atoms with Gasteiger partial charge >= 0.3 is 5.97 Å². The zero-order valence-electron chi connectivity index (χ0n) is 10.2. The summed E-state index contributed by atoms with van der Waals surface area (Å²) < 4.78 is 25.2. The lowest BCUT2D eigenvalue weighted by Gasteiger charge is -2.06. The smallest absolute Gasteiger partial charge is 0.331 e. The normalized spacial score (nSPS) is 12.2. The number of carboxylic acid groups (broad SMARTS) is 1. The maximum Gasteiger partial charge on any atom is 0.331 e. The van der Waals surface area contributed by atoms with Crippen molar-refractivity contribution in [1.29, 1.82) is 0 Å². The fourth-order valence-electron chi connectivity index (χ4n) is 1.26. The largest absolute Gasteiger partial charge is 0.478 e. The molecule has 6 heteroatoms. The van der Waals surface area contributed by atoms with Gasteiger partial charge in [0.1, 0.15) is 0 Å². The minimum Gasteiger partial charge on any atom is -0.478 e. The molecule has 0 aromatic heterocycles. The minimum absolute atomic E-state index is 0.0127. The maximum atomic E-state index is 11.4. The molecule has 0 amide bonds. The van der Waals surface area contributed by atoms with Gasteiger partial charge in [-0.2, -0.15) is 0 Å². The maximum absolute atomic E-state index is 11.4. The van der Waals surface area contributed by atoms with E-state index in [-0.39, 0.29) is 11.3 Å². The van der Waals surface area contributed by atoms with E-state index in [0.29, 0.717) is 11.3 Å². The van der Waals surface area contributed by atoms with Gasteiger partial charge in [0.15, 0.2) is 0 Å². The predicted octanol–water partition coefficient (Wildman–Crippen LogP) is 1.94. The Hall–Kier alpha value is -1.82. The number of rotatable bonds is 5. The van der Waals surface area contributed by atoms with Crippen LogP contribution in [0.5, 0.6) is 0 Å². The number of anilines is 1. The van der Waals surface area contributed by atoms with Gasteiger partial charge < -0.3 is 5.11 Å². The molecular formula is C12H15NO4S. The van der Waals surface area contributed by atoms with E-state index in [9.17, 15) is 13.2 Å². The average molecular weight is 269 g/mol. The number of sulfonamides is 1. The van der Waals surface area contributed by atoms with Crippen molar-refractivity contribution >= 4 is 27.8 Å². The monoisotopic (exact) mass is 269 g/mol. The van der Waals surface area contributed by atoms with Crippen molar-refractivity contribution in [3.8, 4) is 0 Å². The molecular weight excluding hydrogens is 254 g/mol. The summed E-state index contributed by atoms with van der Waals surface area (Å²) in [6.45, 7) is 3.02. The molecule has 1 aromatic rings. The van der Waals surface area contributed by atoms with E-state index >= 15 is 0 Å². The first-order valence-corrected chi connectivity index (χ1v) is 7.01. The zero-order valence-corrected chi connectivity index (χ0v) is 11.0. The van der Waals surface area contributed by atoms with Crippen molar-refractivity contribution in [3.05, 3.63) is 35.4 Å². The Morgan fingerprint density at radius 3 is 2.67 bits per heavy atom. The topological polar surface area (TPSA) is 83.5 Å². The van der Waals surface area contributed by atoms with Crippen LogP contribution in [0.2, 0.25) is 0 Å². The minimum atomic E-state index is -3.32. The summed E-state index contributed by atoms with van der Waals surface area (Å²) in [6.07, 6.45) is 1.48. The van der Waals surface area contributed by atoms with E-state index in [1.807, 2.05) is 0 Å². The second-order valence-electron chi connectivity index (χ2n) is 3.76. The van der Waals surface area contributed by atoms with Gasteiger partial charge in [-0.05, 0) is 37.6 Å². The number of carboxylic acids is 1. The summed E-state index contributed by atoms with van der Waals surface area (Å²) in [5.41, 5.74) is 1.24. The molecule has 0 fully saturated rings. The molecule has 0 saturated carbocycles. The summed E-state index contributed by atoms with van der Waals surface area (Å²) in [5.74, 6) is -1.02. The predicted molar refractivity (Wildman–Crippen MR) is 70.8 cm³/mol. The number of nitrogens with one attached hydrogen (secondary N) is 1. The van der Waals surface area contributed by atoms with Crippen molar-refractivity contribution in [2.75, 3.05) is 10.5 Å². The van der Waals surface area contributed by atoms with E-state index in [4.69, 9.17) is 5.11 Å². The highest BCUT2D eigenvalue weighted by Gasteiger charge is 2.07. The summed E-state index contributed by atoms with van der Waals surface area (Å²) in [6, 6.07) is 6.56. The number of benzene rings is 1. The molecule has 0 heterocycles. The van der Waals surface area contributed by atoms with Crippen LogP contribution in [-0.2, 0) is 14.8 Å². The fraction of sp³-hybridized carbons (Fsp3) is 0.250. The van der Waals surface area contributed by atoms with Gasteiger partial charge in [0.2, 0.25) is 10.0 Å². The molecule has 5 nitrogen and oxygen atoms in total. The molecule has 18 heavy (non-hydrogen) atoms. The van der Waals surface area contributed by atoms with Gasteiger partial charge in [-0.25, -0.2) is 13.2 Å². The van der Waals surface area contributed by atoms with Crippen LogP contribution in [-0.4, -0.2) is 25.2 Å². The Balaban J connectivity index is 3.00. The Labute approximate surface area is 106 Å². The van der Waals surface area contributed by atoms with E-state index < -0.39 is 16.0 Å². The summed E-state index contributed by atoms with van der Waals surface area (Å²) in [4.78, 5) is 10.7. The first kappa shape index (κ1) is 14.2. The highest BCUT2D eigenvalue weighted by Crippen LogP contribution is 2.15. The van der Waals surface area contributed by atoms with E-state index in [1.165, 1.54) is 13.0 Å². The molecule has 0 radical (unpaired) electrons. The second-order valence-corrected chi connectivity index (χ2v) is 5.77. The summed E-state index contributed by atoms with van der Waals surface area (Å²) in [7, 11) is -3.32. The fourth-order valence-corrected chi connectivity index (χ4v) is 1.89. The van der Waals surface area contributed by atoms with Crippen molar-refractivity contribution in [3.63, 3.8) is 0 Å². The van der Waals surface area contributed by atoms with Crippen LogP contribution in [0.1, 0.15) is 19.4 Å². The van der Waals surface area contributed by atoms with Crippen LogP contribution >= 0.6 is 0 Å². The highest BCUT2D eigenvalue weighted by molar-refractivity contribution is 7.92. The standard InChI is InChI=1S/C12H15NO4S/c1-3-18(16,17)13-11-6-4-5-10(8-11)7-9(2)12(14)15/h4-8,13H,3H2,1-2H3,(H,14,15). The SMILES string of the molecule is CCS(=O)(=O)Nc1cccc(C=C(C)C(=O)O)c1. The molecule has 1 rings (SSSR count). The van der Waals surface area contributed by atoms with Crippen molar-refractivity contribution in [2.45, 2.75) is 13.8 Å². The molecule has 0 bridgehead atoms. The number of carbonyl (C=O) groups is 1. The van der Waals surface area contributed by atoms with Crippen LogP contribution in [0.3, 0.4) is 0 Å². The first-order valence-electron chi connectivity index (χ1n) is 5.36. The van der Waals surface area contributed by atoms with Crippen molar-refractivity contribution < 1.29 is 18.3 Å². The molecule has 0 aliphatic heterocycles. The Bertz CT molecular complexity index is 575. The average Bonchev–Trinajstić information content (AvgIpc) is 2.28. The van der Waals surface area contributed by atoms with Gasteiger partial charge in [-0.3, -0.25) is 4.72 Å². The lowest BCUT2D eigenvalue weighted by molar-refractivity contribution is -0.132. The first-order chi connectivity index (χ1) is 8.34. The molecule has 0 aliphatic rings. The van der Waals surface area contributed by atoms with E-state index in [1.54, 1.807) is 31.2 Å². The molecule has 2 N–H and O–H groups in total. The third-order valence-electron chi connectivity index (χ3n) is 2.26. The van der Waals surface area contributed by atoms with E-state index in [2.05, 4.69) is 4.72 Å². The third-order valence-corrected chi connectivity index (χ3v) is 3.57. The van der Waals surface area contributed by atoms with Crippen LogP contribution in [0, 0.1) is 0 Å². The van der Waals surface area contributed by atoms with Crippen LogP contribution in [0.25, 0.3) is 6.08 Å². The second kappa shape index (κ2) is 5.68. The molecule has 0 unspecified atom stereocenters. The van der Waals surface area contributed by atoms with Crippen LogP contribution < -0.4 is 4.72 Å². The number of hydrogen-bond donors (Lipinski definition) is 2. The van der Waals surface area contributed by atoms with Crippen LogP contribution in [0.4, 0.5) is 5.69 Å². The number of aliphatic carboxylic acids is 1. The van der Waals surface area contributed by atoms with Crippen LogP contribution in [0.15, 0.2) is 29.8 Å². The molecule has 98 valence electrons. The van der Waals surface area contributed by atoms with Crippen molar-refractivity contribution in [1.82, 2.24) is 0 Å². The Morgan fingerprint density at radius 1 is 1.44 bits per heavy atom. The molecule has 0 aliphatic carbocycles. The lowest BCUT2D eigenvalue weighted by Crippen LogP contribution is -2.14. The van der Waals surface area contributed by atoms with Gasteiger partial charge in [-0.15, -0.1) is 0 Å². The summed E-state index contributed by atoms with van der Waals surface area (Å²) >= 11 is 0. The Morgan fingerprint density at radius 2 is 2.11 bits per heavy atom. The molecule has 0 spiro atoms. The quantitative estimate of drug-likeness (QED) is 0.800. The van der Waals surface area contributed by atoms with E-state index in [0.717, 1.165) is 0 Å². The summed E-state index contributed by atoms with van der Waals surface area (Å²) in [5, 5.41) is 8.76. The Kier molecular flexibility index (Phi) is 4.49. The lowest BCUT2D eigenvalue weighted by atomic mass is 10.1. The highest BCUT2D eigenvalue weighted by atomic mass is 32.2. The molecule has 0 saturated heterocycles. The number of hydrogen-bond acceptors (Lipinski definition) is 3. The van der Waals surface area contributed by atoms with Crippen molar-refractivity contribution in [2.24, 2.45) is 0 Å². The van der Waals surface area contributed by atoms with Gasteiger partial charge in [0, 0.05) is 11.3 Å². The van der Waals surface area contributed by atoms with Gasteiger partial charge in [-0.1, -0.05) is 12.1 Å². The van der Waals surface area contributed by atoms with Gasteiger partial charge in [0.25, 0.3) is 0 Å².